The van der Waals surface area contributed by atoms with Crippen LogP contribution in [0.2, 0.25) is 0 Å². The summed E-state index contributed by atoms with van der Waals surface area (Å²) in [5, 5.41) is 3.56. The fourth-order valence-corrected chi connectivity index (χ4v) is 2.75. The Balaban J connectivity index is 1.99. The molecule has 0 bridgehead atoms. The number of hydrogen-bond donors (Lipinski definition) is 2. The number of nitrogens with one attached hydrogen (secondary N) is 1. The van der Waals surface area contributed by atoms with Crippen molar-refractivity contribution in [2.45, 2.75) is 25.9 Å². The average molecular weight is 335 g/mol. The Morgan fingerprint density at radius 2 is 1.68 bits per heavy atom. The number of carbonyl (C=O) groups is 2. The van der Waals surface area contributed by atoms with Gasteiger partial charge >= 0.3 is 0 Å². The van der Waals surface area contributed by atoms with Crippen molar-refractivity contribution in [2.24, 2.45) is 5.73 Å². The summed E-state index contributed by atoms with van der Waals surface area (Å²) in [6.45, 7) is 3.85. The molecule has 5 heteroatoms. The first-order valence-corrected chi connectivity index (χ1v) is 8.13. The first-order chi connectivity index (χ1) is 11.9. The van der Waals surface area contributed by atoms with Crippen molar-refractivity contribution in [2.75, 3.05) is 0 Å². The van der Waals surface area contributed by atoms with E-state index in [1.54, 1.807) is 13.8 Å². The predicted molar refractivity (Wildman–Crippen MR) is 98.2 cm³/mol. The zero-order valence-corrected chi connectivity index (χ0v) is 14.3. The highest BCUT2D eigenvalue weighted by Gasteiger charge is 2.28. The molecule has 1 aromatic heterocycles. The second-order valence-corrected chi connectivity index (χ2v) is 6.62. The number of amides is 2. The molecular formula is C20H21N3O2. The molecule has 0 saturated carbocycles. The molecule has 0 spiro atoms. The number of hydrogen-bond acceptors (Lipinski definition) is 2. The summed E-state index contributed by atoms with van der Waals surface area (Å²) in [6.07, 6.45) is 1.82. The van der Waals surface area contributed by atoms with Crippen LogP contribution in [0.5, 0.6) is 0 Å². The van der Waals surface area contributed by atoms with E-state index >= 15 is 0 Å². The zero-order chi connectivity index (χ0) is 18.0. The topological polar surface area (TPSA) is 77.1 Å². The first-order valence-electron chi connectivity index (χ1n) is 8.13. The van der Waals surface area contributed by atoms with Crippen molar-refractivity contribution in [3.63, 3.8) is 0 Å². The quantitative estimate of drug-likeness (QED) is 0.752. The number of primary amides is 1. The number of benzene rings is 2. The van der Waals surface area contributed by atoms with Crippen LogP contribution in [0, 0.1) is 0 Å². The number of aromatic nitrogens is 1. The normalized spacial score (nSPS) is 11.4. The number of fused-ring (bicyclic) bond motifs is 1. The molecule has 0 aliphatic carbocycles. The molecule has 0 unspecified atom stereocenters. The summed E-state index contributed by atoms with van der Waals surface area (Å²) in [6, 6.07) is 17.8. The number of nitrogens with zero attached hydrogens (tertiary/aromatic N) is 1. The predicted octanol–water partition coefficient (Wildman–Crippen LogP) is 2.68. The lowest BCUT2D eigenvalue weighted by molar-refractivity contribution is -0.122. The standard InChI is InChI=1S/C20H21N3O2/c1-20(2,19(21)25)22-18(24)16-13-23(12-14-8-4-3-5-9-14)17-11-7-6-10-15(16)17/h3-11,13H,12H2,1-2H3,(H2,21,25)(H,22,24). The summed E-state index contributed by atoms with van der Waals surface area (Å²) in [5.41, 5.74) is 6.89. The molecule has 2 aromatic carbocycles. The van der Waals surface area contributed by atoms with E-state index in [0.29, 0.717) is 12.1 Å². The Kier molecular flexibility index (Phi) is 4.31. The van der Waals surface area contributed by atoms with Crippen molar-refractivity contribution in [3.8, 4) is 0 Å². The van der Waals surface area contributed by atoms with E-state index in [4.69, 9.17) is 5.73 Å². The Hall–Kier alpha value is -3.08. The molecule has 0 aliphatic heterocycles. The molecule has 3 rings (SSSR count). The summed E-state index contributed by atoms with van der Waals surface area (Å²) in [7, 11) is 0. The molecule has 0 radical (unpaired) electrons. The molecule has 0 saturated heterocycles. The fraction of sp³-hybridized carbons (Fsp3) is 0.200. The maximum absolute atomic E-state index is 12.7. The lowest BCUT2D eigenvalue weighted by atomic mass is 10.0. The van der Waals surface area contributed by atoms with Gasteiger partial charge in [0, 0.05) is 23.6 Å². The SMILES string of the molecule is CC(C)(NC(=O)c1cn(Cc2ccccc2)c2ccccc12)C(N)=O. The summed E-state index contributed by atoms with van der Waals surface area (Å²) >= 11 is 0. The molecule has 5 nitrogen and oxygen atoms in total. The van der Waals surface area contributed by atoms with Crippen molar-refractivity contribution in [1.29, 1.82) is 0 Å². The van der Waals surface area contributed by atoms with Gasteiger partial charge in [-0.3, -0.25) is 9.59 Å². The molecule has 3 aromatic rings. The molecule has 3 N–H and O–H groups in total. The molecule has 25 heavy (non-hydrogen) atoms. The van der Waals surface area contributed by atoms with Crippen LogP contribution in [0.3, 0.4) is 0 Å². The summed E-state index contributed by atoms with van der Waals surface area (Å²) in [5.74, 6) is -0.888. The Morgan fingerprint density at radius 1 is 1.04 bits per heavy atom. The highest BCUT2D eigenvalue weighted by atomic mass is 16.2. The maximum atomic E-state index is 12.7. The molecule has 0 fully saturated rings. The minimum absolute atomic E-state index is 0.313. The van der Waals surface area contributed by atoms with E-state index in [2.05, 4.69) is 5.32 Å². The average Bonchev–Trinajstić information content (AvgIpc) is 2.94. The second-order valence-electron chi connectivity index (χ2n) is 6.62. The van der Waals surface area contributed by atoms with Crippen LogP contribution < -0.4 is 11.1 Å². The zero-order valence-electron chi connectivity index (χ0n) is 14.3. The fourth-order valence-electron chi connectivity index (χ4n) is 2.75. The number of para-hydroxylation sites is 1. The summed E-state index contributed by atoms with van der Waals surface area (Å²) < 4.78 is 2.04. The van der Waals surface area contributed by atoms with Gasteiger partial charge in [0.2, 0.25) is 5.91 Å². The van der Waals surface area contributed by atoms with Gasteiger partial charge in [-0.25, -0.2) is 0 Å². The summed E-state index contributed by atoms with van der Waals surface area (Å²) in [4.78, 5) is 24.2. The van der Waals surface area contributed by atoms with E-state index in [1.807, 2.05) is 65.4 Å². The van der Waals surface area contributed by atoms with Gasteiger partial charge in [0.15, 0.2) is 0 Å². The van der Waals surface area contributed by atoms with Gasteiger partial charge in [-0.2, -0.15) is 0 Å². The van der Waals surface area contributed by atoms with Gasteiger partial charge in [0.05, 0.1) is 5.56 Å². The van der Waals surface area contributed by atoms with Gasteiger partial charge in [-0.05, 0) is 25.5 Å². The van der Waals surface area contributed by atoms with Crippen LogP contribution >= 0.6 is 0 Å². The van der Waals surface area contributed by atoms with Gasteiger partial charge in [0.25, 0.3) is 5.91 Å². The highest BCUT2D eigenvalue weighted by molar-refractivity contribution is 6.08. The van der Waals surface area contributed by atoms with Gasteiger partial charge in [-0.15, -0.1) is 0 Å². The first kappa shape index (κ1) is 16.8. The molecule has 128 valence electrons. The van der Waals surface area contributed by atoms with Crippen molar-refractivity contribution in [1.82, 2.24) is 9.88 Å². The van der Waals surface area contributed by atoms with E-state index in [-0.39, 0.29) is 5.91 Å². The Labute approximate surface area is 146 Å². The number of nitrogens with two attached hydrogens (primary N) is 1. The lowest BCUT2D eigenvalue weighted by Crippen LogP contribution is -2.52. The van der Waals surface area contributed by atoms with Crippen molar-refractivity contribution < 1.29 is 9.59 Å². The Bertz CT molecular complexity index is 927. The van der Waals surface area contributed by atoms with E-state index in [0.717, 1.165) is 16.5 Å². The third-order valence-corrected chi connectivity index (χ3v) is 4.27. The van der Waals surface area contributed by atoms with Crippen LogP contribution in [0.15, 0.2) is 60.8 Å². The highest BCUT2D eigenvalue weighted by Crippen LogP contribution is 2.23. The smallest absolute Gasteiger partial charge is 0.254 e. The monoisotopic (exact) mass is 335 g/mol. The van der Waals surface area contributed by atoms with Crippen molar-refractivity contribution >= 4 is 22.7 Å². The van der Waals surface area contributed by atoms with E-state index in [1.165, 1.54) is 0 Å². The van der Waals surface area contributed by atoms with Crippen LogP contribution in [-0.2, 0) is 11.3 Å². The van der Waals surface area contributed by atoms with Crippen LogP contribution in [-0.4, -0.2) is 21.9 Å². The van der Waals surface area contributed by atoms with Crippen LogP contribution in [0.4, 0.5) is 0 Å². The molecular weight excluding hydrogens is 314 g/mol. The number of carbonyl (C=O) groups excluding carboxylic acids is 2. The van der Waals surface area contributed by atoms with E-state index in [9.17, 15) is 9.59 Å². The Morgan fingerprint density at radius 3 is 2.36 bits per heavy atom. The number of rotatable bonds is 5. The second kappa shape index (κ2) is 6.43. The van der Waals surface area contributed by atoms with Gasteiger partial charge in [-0.1, -0.05) is 48.5 Å². The molecule has 1 heterocycles. The third kappa shape index (κ3) is 3.40. The van der Waals surface area contributed by atoms with Crippen LogP contribution in [0.25, 0.3) is 10.9 Å². The largest absolute Gasteiger partial charge is 0.368 e. The van der Waals surface area contributed by atoms with Gasteiger partial charge in [0.1, 0.15) is 5.54 Å². The molecule has 2 amide bonds. The molecule has 0 aliphatic rings. The van der Waals surface area contributed by atoms with Crippen LogP contribution in [0.1, 0.15) is 29.8 Å². The minimum atomic E-state index is -1.11. The van der Waals surface area contributed by atoms with Gasteiger partial charge < -0.3 is 15.6 Å². The van der Waals surface area contributed by atoms with E-state index < -0.39 is 11.4 Å². The third-order valence-electron chi connectivity index (χ3n) is 4.27. The minimum Gasteiger partial charge on any atom is -0.368 e. The maximum Gasteiger partial charge on any atom is 0.254 e. The molecule has 0 atom stereocenters. The van der Waals surface area contributed by atoms with Crippen molar-refractivity contribution in [3.05, 3.63) is 71.9 Å². The lowest BCUT2D eigenvalue weighted by Gasteiger charge is -2.21.